The fraction of sp³-hybridized carbons (Fsp3) is 0.685. The number of rotatable bonds is 20. The largest absolute Gasteiger partial charge is 0.461 e. The van der Waals surface area contributed by atoms with E-state index in [1.54, 1.807) is 6.07 Å². The highest BCUT2D eigenvalue weighted by Crippen LogP contribution is 2.27. The Labute approximate surface area is 517 Å². The Hall–Kier alpha value is -5.26. The van der Waals surface area contributed by atoms with E-state index < -0.39 is 0 Å². The number of carbonyl (C=O) groups is 4. The summed E-state index contributed by atoms with van der Waals surface area (Å²) in [6, 6.07) is 15.6. The third-order valence-corrected chi connectivity index (χ3v) is 12.2. The molecule has 0 atom stereocenters. The number of Topliss-reactive ketones (excluding diaryl/α,β-unsaturated/α-hetero) is 3. The number of hydrogen-bond donors (Lipinski definition) is 0. The van der Waals surface area contributed by atoms with Gasteiger partial charge in [0.05, 0.1) is 12.1 Å². The maximum Gasteiger partial charge on any atom is 0.306 e. The topological polar surface area (TPSA) is 145 Å². The van der Waals surface area contributed by atoms with Gasteiger partial charge in [-0.05, 0) is 112 Å². The molecule has 0 bridgehead atoms. The molecule has 0 saturated heterocycles. The summed E-state index contributed by atoms with van der Waals surface area (Å²) in [5, 5.41) is 0. The molecule has 11 nitrogen and oxygen atoms in total. The lowest BCUT2D eigenvalue weighted by molar-refractivity contribution is -0.147. The number of aryl methyl sites for hydroxylation is 4. The van der Waals surface area contributed by atoms with Crippen LogP contribution in [0.3, 0.4) is 0 Å². The van der Waals surface area contributed by atoms with Crippen LogP contribution in [0, 0.1) is 56.1 Å². The van der Waals surface area contributed by atoms with Crippen LogP contribution in [0.4, 0.5) is 10.2 Å². The highest BCUT2D eigenvalue weighted by Gasteiger charge is 2.23. The number of hydrogen-bond acceptors (Lipinski definition) is 11. The first-order valence-electron chi connectivity index (χ1n) is 31.1. The summed E-state index contributed by atoms with van der Waals surface area (Å²) in [6.07, 6.45) is 8.93. The third kappa shape index (κ3) is 41.5. The Bertz CT molecular complexity index is 2720. The van der Waals surface area contributed by atoms with Gasteiger partial charge in [0, 0.05) is 94.3 Å². The summed E-state index contributed by atoms with van der Waals surface area (Å²) in [5.74, 6) is 2.81. The maximum absolute atomic E-state index is 13.8. The molecule has 0 fully saturated rings. The second kappa shape index (κ2) is 33.2. The molecule has 0 amide bonds. The Balaban J connectivity index is 0.000000567. The molecule has 4 aromatic rings. The number of nitrogens with zero attached hydrogens (tertiary/aromatic N) is 6. The number of esters is 1. The van der Waals surface area contributed by atoms with E-state index in [0.717, 1.165) is 71.5 Å². The van der Waals surface area contributed by atoms with E-state index >= 15 is 0 Å². The molecular weight excluding hydrogens is 1060 g/mol. The van der Waals surface area contributed by atoms with E-state index in [-0.39, 0.29) is 66.7 Å². The summed E-state index contributed by atoms with van der Waals surface area (Å²) in [4.78, 5) is 72.5. The van der Waals surface area contributed by atoms with Crippen LogP contribution in [-0.4, -0.2) is 62.3 Å². The highest BCUT2D eigenvalue weighted by molar-refractivity contribution is 5.80. The van der Waals surface area contributed by atoms with Gasteiger partial charge in [0.25, 0.3) is 0 Å². The summed E-state index contributed by atoms with van der Waals surface area (Å²) >= 11 is 0. The summed E-state index contributed by atoms with van der Waals surface area (Å²) in [5.41, 5.74) is 7.61. The van der Waals surface area contributed by atoms with Crippen molar-refractivity contribution in [2.75, 3.05) is 19.0 Å². The monoisotopic (exact) mass is 1180 g/mol. The number of halogens is 1. The molecule has 0 radical (unpaired) electrons. The second-order valence-electron chi connectivity index (χ2n) is 33.7. The molecular formula is C73H119FN6O5. The van der Waals surface area contributed by atoms with Crippen LogP contribution < -0.4 is 4.90 Å². The third-order valence-electron chi connectivity index (χ3n) is 12.2. The Morgan fingerprint density at radius 3 is 1.26 bits per heavy atom. The normalized spacial score (nSPS) is 12.4. The number of ketones is 3. The Morgan fingerprint density at radius 1 is 0.435 bits per heavy atom. The van der Waals surface area contributed by atoms with E-state index in [1.165, 1.54) is 11.6 Å². The van der Waals surface area contributed by atoms with Crippen molar-refractivity contribution < 1.29 is 28.3 Å². The van der Waals surface area contributed by atoms with Gasteiger partial charge in [0.15, 0.2) is 0 Å². The van der Waals surface area contributed by atoms with E-state index in [1.807, 2.05) is 91.7 Å². The molecule has 0 saturated carbocycles. The van der Waals surface area contributed by atoms with Gasteiger partial charge in [-0.25, -0.2) is 24.3 Å². The highest BCUT2D eigenvalue weighted by atomic mass is 19.1. The average Bonchev–Trinajstić information content (AvgIpc) is 3.45. The van der Waals surface area contributed by atoms with Crippen molar-refractivity contribution in [3.8, 4) is 0 Å². The van der Waals surface area contributed by atoms with E-state index in [4.69, 9.17) is 4.74 Å². The van der Waals surface area contributed by atoms with Crippen LogP contribution in [0.5, 0.6) is 0 Å². The number of ether oxygens (including phenoxy) is 1. The zero-order valence-corrected chi connectivity index (χ0v) is 58.8. The van der Waals surface area contributed by atoms with Crippen molar-refractivity contribution >= 4 is 29.1 Å². The van der Waals surface area contributed by atoms with Crippen molar-refractivity contribution in [1.29, 1.82) is 0 Å². The quantitative estimate of drug-likeness (QED) is 0.0780. The van der Waals surface area contributed by atoms with Crippen molar-refractivity contribution in [2.45, 2.75) is 270 Å². The summed E-state index contributed by atoms with van der Waals surface area (Å²) in [7, 11) is 3.97. The molecule has 3 aromatic heterocycles. The minimum Gasteiger partial charge on any atom is -0.461 e. The van der Waals surface area contributed by atoms with Crippen LogP contribution in [0.2, 0.25) is 0 Å². The SMILES string of the molecule is CC(C)(C)CC(=O)CCc1nc(CC(C)(C)C)ccc1F.CC(C)(C)CC(=O)OCc1cccc(CC(C)(C)C)c1.CN(C)c1cc(CC(C)(C)C)nc(CCC(=O)CC(C)(C)C)n1.Cc1cc(CC(C)(C)C)nc(CCC(=O)CC(C)(C)C)n1. The maximum atomic E-state index is 13.8. The lowest BCUT2D eigenvalue weighted by atomic mass is 9.88. The number of aromatic nitrogens is 5. The molecule has 0 spiro atoms. The van der Waals surface area contributed by atoms with E-state index in [9.17, 15) is 23.6 Å². The van der Waals surface area contributed by atoms with Crippen molar-refractivity contribution in [3.63, 3.8) is 0 Å². The smallest absolute Gasteiger partial charge is 0.306 e. The van der Waals surface area contributed by atoms with Crippen LogP contribution in [0.1, 0.15) is 262 Å². The molecule has 0 aliphatic carbocycles. The fourth-order valence-electron chi connectivity index (χ4n) is 9.19. The van der Waals surface area contributed by atoms with Crippen LogP contribution in [-0.2, 0) is 75.5 Å². The molecule has 4 rings (SSSR count). The molecule has 0 N–H and O–H groups in total. The Kier molecular flexibility index (Phi) is 30.4. The van der Waals surface area contributed by atoms with Gasteiger partial charge < -0.3 is 9.64 Å². The Morgan fingerprint density at radius 2 is 0.835 bits per heavy atom. The predicted molar refractivity (Wildman–Crippen MR) is 352 cm³/mol. The van der Waals surface area contributed by atoms with Gasteiger partial charge in [-0.1, -0.05) is 190 Å². The lowest BCUT2D eigenvalue weighted by Gasteiger charge is -2.20. The summed E-state index contributed by atoms with van der Waals surface area (Å²) in [6.45, 7) is 53.4. The lowest BCUT2D eigenvalue weighted by Crippen LogP contribution is -2.17. The molecule has 0 unspecified atom stereocenters. The molecule has 12 heteroatoms. The number of anilines is 1. The summed E-state index contributed by atoms with van der Waals surface area (Å²) < 4.78 is 19.2. The van der Waals surface area contributed by atoms with Gasteiger partial charge >= 0.3 is 5.97 Å². The van der Waals surface area contributed by atoms with Gasteiger partial charge in [-0.15, -0.1) is 0 Å². The molecule has 0 aliphatic rings. The predicted octanol–water partition coefficient (Wildman–Crippen LogP) is 17.9. The second-order valence-corrected chi connectivity index (χ2v) is 33.7. The number of pyridine rings is 1. The van der Waals surface area contributed by atoms with Crippen LogP contribution in [0.25, 0.3) is 0 Å². The standard InChI is InChI=1S/C19H33N3O.C18H28FNO.C18H30N2O.C18H28O2/c1-18(2,3)12-14-11-17(22(7)8)21-16(20-14)10-9-15(23)13-19(4,5)6;1-17(2,3)11-13-7-9-15(19)16(20-13)10-8-14(21)12-18(4,5)6;1-13-10-14(11-17(2,3)4)20-16(19-13)9-8-15(21)12-18(5,6)7;1-17(2,3)11-14-8-7-9-15(10-14)13-20-16(19)12-18(4,5)6/h11H,9-10,12-13H2,1-8H3;7,9H,8,10-12H2,1-6H3;10H,8-9,11-12H2,1-7H3;7-10H,11-13H2,1-6H3. The number of benzene rings is 1. The molecule has 0 aliphatic heterocycles. The first-order chi connectivity index (χ1) is 38.3. The van der Waals surface area contributed by atoms with Gasteiger partial charge in [0.1, 0.15) is 47.2 Å². The molecule has 478 valence electrons. The van der Waals surface area contributed by atoms with Crippen molar-refractivity contribution in [3.05, 3.63) is 106 Å². The van der Waals surface area contributed by atoms with Gasteiger partial charge in [0.2, 0.25) is 0 Å². The molecule has 85 heavy (non-hydrogen) atoms. The minimum absolute atomic E-state index is 0.0167. The number of carbonyl (C=O) groups excluding carboxylic acids is 4. The fourth-order valence-corrected chi connectivity index (χ4v) is 9.19. The van der Waals surface area contributed by atoms with Crippen LogP contribution in [0.15, 0.2) is 48.5 Å². The van der Waals surface area contributed by atoms with Gasteiger partial charge in [-0.3, -0.25) is 24.2 Å². The van der Waals surface area contributed by atoms with Gasteiger partial charge in [-0.2, -0.15) is 0 Å². The minimum atomic E-state index is -0.309. The zero-order valence-electron chi connectivity index (χ0n) is 58.8. The van der Waals surface area contributed by atoms with Crippen LogP contribution >= 0.6 is 0 Å². The zero-order chi connectivity index (χ0) is 65.7. The first kappa shape index (κ1) is 77.8. The van der Waals surface area contributed by atoms with Crippen molar-refractivity contribution in [2.24, 2.45) is 43.3 Å². The first-order valence-corrected chi connectivity index (χ1v) is 31.1. The van der Waals surface area contributed by atoms with Crippen molar-refractivity contribution in [1.82, 2.24) is 24.9 Å². The van der Waals surface area contributed by atoms with E-state index in [0.29, 0.717) is 82.3 Å². The molecule has 1 aromatic carbocycles. The molecule has 3 heterocycles. The van der Waals surface area contributed by atoms with E-state index in [2.05, 4.69) is 162 Å². The average molecular weight is 1180 g/mol.